The van der Waals surface area contributed by atoms with Gasteiger partial charge in [0.15, 0.2) is 11.2 Å². The number of carbonyl (C=O) groups is 2. The SMILES string of the molecule is CC(Oc1cccc(Cl)c1Cl)C(=O)NNC(=O)c1csc(N2CCOCC2)n1. The summed E-state index contributed by atoms with van der Waals surface area (Å²) in [6.45, 7) is 4.24. The van der Waals surface area contributed by atoms with Crippen molar-refractivity contribution in [2.75, 3.05) is 31.2 Å². The molecule has 1 atom stereocenters. The van der Waals surface area contributed by atoms with Crippen LogP contribution in [-0.4, -0.2) is 49.2 Å². The lowest BCUT2D eigenvalue weighted by Crippen LogP contribution is -2.47. The summed E-state index contributed by atoms with van der Waals surface area (Å²) in [6.07, 6.45) is -0.907. The van der Waals surface area contributed by atoms with Crippen LogP contribution < -0.4 is 20.5 Å². The number of rotatable bonds is 5. The fourth-order valence-corrected chi connectivity index (χ4v) is 3.57. The van der Waals surface area contributed by atoms with Crippen molar-refractivity contribution in [1.82, 2.24) is 15.8 Å². The Labute approximate surface area is 175 Å². The molecule has 2 N–H and O–H groups in total. The van der Waals surface area contributed by atoms with Gasteiger partial charge in [-0.05, 0) is 19.1 Å². The summed E-state index contributed by atoms with van der Waals surface area (Å²) in [5.41, 5.74) is 4.87. The van der Waals surface area contributed by atoms with Crippen LogP contribution in [-0.2, 0) is 9.53 Å². The molecule has 1 aromatic heterocycles. The monoisotopic (exact) mass is 444 g/mol. The predicted molar refractivity (Wildman–Crippen MR) is 107 cm³/mol. The Morgan fingerprint density at radius 1 is 1.29 bits per heavy atom. The van der Waals surface area contributed by atoms with Gasteiger partial charge in [0.05, 0.1) is 18.2 Å². The Kier molecular flexibility index (Phi) is 6.95. The van der Waals surface area contributed by atoms with Crippen LogP contribution in [0.5, 0.6) is 5.75 Å². The number of hydrogen-bond acceptors (Lipinski definition) is 7. The van der Waals surface area contributed by atoms with E-state index in [0.29, 0.717) is 18.2 Å². The maximum atomic E-state index is 12.2. The van der Waals surface area contributed by atoms with Gasteiger partial charge < -0.3 is 14.4 Å². The topological polar surface area (TPSA) is 92.8 Å². The molecule has 3 rings (SSSR count). The molecule has 8 nitrogen and oxygen atoms in total. The van der Waals surface area contributed by atoms with E-state index < -0.39 is 17.9 Å². The molecule has 28 heavy (non-hydrogen) atoms. The summed E-state index contributed by atoms with van der Waals surface area (Å²) in [4.78, 5) is 30.7. The number of nitrogens with one attached hydrogen (secondary N) is 2. The second kappa shape index (κ2) is 9.42. The lowest BCUT2D eigenvalue weighted by Gasteiger charge is -2.25. The van der Waals surface area contributed by atoms with E-state index in [4.69, 9.17) is 32.7 Å². The zero-order valence-electron chi connectivity index (χ0n) is 14.9. The van der Waals surface area contributed by atoms with Gasteiger partial charge in [-0.15, -0.1) is 11.3 Å². The second-order valence-corrected chi connectivity index (χ2v) is 7.49. The van der Waals surface area contributed by atoms with Gasteiger partial charge in [-0.25, -0.2) is 4.98 Å². The summed E-state index contributed by atoms with van der Waals surface area (Å²) < 4.78 is 10.8. The maximum absolute atomic E-state index is 12.2. The highest BCUT2D eigenvalue weighted by molar-refractivity contribution is 7.13. The Morgan fingerprint density at radius 3 is 2.79 bits per heavy atom. The molecular formula is C17H18Cl2N4O4S. The van der Waals surface area contributed by atoms with Gasteiger partial charge in [0.25, 0.3) is 11.8 Å². The number of carbonyl (C=O) groups excluding carboxylic acids is 2. The number of nitrogens with zero attached hydrogens (tertiary/aromatic N) is 2. The highest BCUT2D eigenvalue weighted by Gasteiger charge is 2.20. The molecule has 11 heteroatoms. The minimum absolute atomic E-state index is 0.214. The average Bonchev–Trinajstić information content (AvgIpc) is 3.20. The van der Waals surface area contributed by atoms with Crippen molar-refractivity contribution in [2.24, 2.45) is 0 Å². The maximum Gasteiger partial charge on any atom is 0.289 e. The number of hydrazine groups is 1. The van der Waals surface area contributed by atoms with E-state index in [1.807, 2.05) is 4.90 Å². The number of thiazole rings is 1. The number of amides is 2. The average molecular weight is 445 g/mol. The molecule has 0 bridgehead atoms. The van der Waals surface area contributed by atoms with Crippen molar-refractivity contribution in [2.45, 2.75) is 13.0 Å². The highest BCUT2D eigenvalue weighted by atomic mass is 35.5. The number of aromatic nitrogens is 1. The van der Waals surface area contributed by atoms with Crippen LogP contribution >= 0.6 is 34.5 Å². The number of anilines is 1. The van der Waals surface area contributed by atoms with Crippen molar-refractivity contribution in [3.8, 4) is 5.75 Å². The van der Waals surface area contributed by atoms with E-state index in [1.165, 1.54) is 18.3 Å². The summed E-state index contributed by atoms with van der Waals surface area (Å²) >= 11 is 13.3. The molecular weight excluding hydrogens is 427 g/mol. The quantitative estimate of drug-likeness (QED) is 0.688. The summed E-state index contributed by atoms with van der Waals surface area (Å²) in [6, 6.07) is 4.87. The molecule has 2 aromatic rings. The number of halogens is 2. The minimum atomic E-state index is -0.907. The first kappa shape index (κ1) is 20.7. The van der Waals surface area contributed by atoms with Gasteiger partial charge in [-0.2, -0.15) is 0 Å². The molecule has 0 spiro atoms. The van der Waals surface area contributed by atoms with Crippen LogP contribution in [0.3, 0.4) is 0 Å². The van der Waals surface area contributed by atoms with Gasteiger partial charge in [-0.3, -0.25) is 20.4 Å². The molecule has 2 amide bonds. The van der Waals surface area contributed by atoms with E-state index in [9.17, 15) is 9.59 Å². The number of ether oxygens (including phenoxy) is 2. The molecule has 1 aromatic carbocycles. The standard InChI is InChI=1S/C17H18Cl2N4O4S/c1-10(27-13-4-2-3-11(18)14(13)19)15(24)21-22-16(25)12-9-28-17(20-12)23-5-7-26-8-6-23/h2-4,9-10H,5-8H2,1H3,(H,21,24)(H,22,25). The molecule has 0 saturated carbocycles. The van der Waals surface area contributed by atoms with Crippen molar-refractivity contribution in [3.05, 3.63) is 39.3 Å². The van der Waals surface area contributed by atoms with Crippen molar-refractivity contribution in [3.63, 3.8) is 0 Å². The molecule has 1 saturated heterocycles. The molecule has 0 aliphatic carbocycles. The Balaban J connectivity index is 1.51. The van der Waals surface area contributed by atoms with E-state index in [-0.39, 0.29) is 16.5 Å². The zero-order chi connectivity index (χ0) is 20.1. The van der Waals surface area contributed by atoms with Gasteiger partial charge >= 0.3 is 0 Å². The number of benzene rings is 1. The molecule has 0 radical (unpaired) electrons. The van der Waals surface area contributed by atoms with Crippen LogP contribution in [0.2, 0.25) is 10.0 Å². The zero-order valence-corrected chi connectivity index (χ0v) is 17.2. The lowest BCUT2D eigenvalue weighted by molar-refractivity contribution is -0.128. The van der Waals surface area contributed by atoms with E-state index in [2.05, 4.69) is 15.8 Å². The summed E-state index contributed by atoms with van der Waals surface area (Å²) in [5, 5.41) is 2.91. The van der Waals surface area contributed by atoms with Crippen LogP contribution in [0.1, 0.15) is 17.4 Å². The van der Waals surface area contributed by atoms with Crippen molar-refractivity contribution < 1.29 is 19.1 Å². The van der Waals surface area contributed by atoms with E-state index in [1.54, 1.807) is 23.6 Å². The van der Waals surface area contributed by atoms with Gasteiger partial charge in [-0.1, -0.05) is 29.3 Å². The van der Waals surface area contributed by atoms with E-state index >= 15 is 0 Å². The van der Waals surface area contributed by atoms with Gasteiger partial charge in [0, 0.05) is 18.5 Å². The third-order valence-corrected chi connectivity index (χ3v) is 5.60. The number of morpholine rings is 1. The molecule has 1 aliphatic heterocycles. The molecule has 2 heterocycles. The van der Waals surface area contributed by atoms with Crippen molar-refractivity contribution in [1.29, 1.82) is 0 Å². The smallest absolute Gasteiger partial charge is 0.289 e. The van der Waals surface area contributed by atoms with Crippen LogP contribution in [0.15, 0.2) is 23.6 Å². The summed E-state index contributed by atoms with van der Waals surface area (Å²) in [5.74, 6) is -0.789. The predicted octanol–water partition coefficient (Wildman–Crippen LogP) is 2.52. The third-order valence-electron chi connectivity index (χ3n) is 3.89. The van der Waals surface area contributed by atoms with Crippen molar-refractivity contribution >= 4 is 51.5 Å². The molecule has 150 valence electrons. The summed E-state index contributed by atoms with van der Waals surface area (Å²) in [7, 11) is 0. The Morgan fingerprint density at radius 2 is 2.04 bits per heavy atom. The van der Waals surface area contributed by atoms with E-state index in [0.717, 1.165) is 18.2 Å². The molecule has 1 aliphatic rings. The van der Waals surface area contributed by atoms with Crippen LogP contribution in [0, 0.1) is 0 Å². The Hall–Kier alpha value is -2.07. The van der Waals surface area contributed by atoms with Crippen LogP contribution in [0.4, 0.5) is 5.13 Å². The molecule has 1 fully saturated rings. The number of hydrogen-bond donors (Lipinski definition) is 2. The van der Waals surface area contributed by atoms with Gasteiger partial charge in [0.1, 0.15) is 16.5 Å². The largest absolute Gasteiger partial charge is 0.479 e. The second-order valence-electron chi connectivity index (χ2n) is 5.87. The van der Waals surface area contributed by atoms with Crippen LogP contribution in [0.25, 0.3) is 0 Å². The minimum Gasteiger partial charge on any atom is -0.479 e. The Bertz CT molecular complexity index is 857. The normalized spacial score (nSPS) is 15.0. The third kappa shape index (κ3) is 5.05. The fraction of sp³-hybridized carbons (Fsp3) is 0.353. The van der Waals surface area contributed by atoms with Gasteiger partial charge in [0.2, 0.25) is 0 Å². The first-order chi connectivity index (χ1) is 13.5. The first-order valence-electron chi connectivity index (χ1n) is 8.45. The lowest BCUT2D eigenvalue weighted by atomic mass is 10.3. The highest BCUT2D eigenvalue weighted by Crippen LogP contribution is 2.32. The fourth-order valence-electron chi connectivity index (χ4n) is 2.37. The first-order valence-corrected chi connectivity index (χ1v) is 10.1. The molecule has 1 unspecified atom stereocenters.